The Bertz CT molecular complexity index is 989. The van der Waals surface area contributed by atoms with Crippen molar-refractivity contribution in [3.8, 4) is 6.07 Å². The quantitative estimate of drug-likeness (QED) is 0.408. The number of alkyl halides is 2. The van der Waals surface area contributed by atoms with Crippen molar-refractivity contribution in [3.63, 3.8) is 0 Å². The Hall–Kier alpha value is -3.61. The molecule has 2 aromatic rings. The van der Waals surface area contributed by atoms with Crippen molar-refractivity contribution < 1.29 is 13.6 Å². The Kier molecular flexibility index (Phi) is 9.21. The first-order chi connectivity index (χ1) is 15.8. The van der Waals surface area contributed by atoms with E-state index < -0.39 is 12.3 Å². The van der Waals surface area contributed by atoms with Crippen LogP contribution < -0.4 is 10.6 Å². The molecule has 1 unspecified atom stereocenters. The number of carbonyl (C=O) groups excluding carboxylic acids is 1. The van der Waals surface area contributed by atoms with Gasteiger partial charge in [-0.3, -0.25) is 4.79 Å². The molecule has 0 aromatic carbocycles. The van der Waals surface area contributed by atoms with Crippen molar-refractivity contribution >= 4 is 23.9 Å². The summed E-state index contributed by atoms with van der Waals surface area (Å²) >= 11 is 0. The molecule has 0 aliphatic carbocycles. The molecule has 0 saturated carbocycles. The van der Waals surface area contributed by atoms with Crippen LogP contribution in [0.2, 0.25) is 0 Å². The number of anilines is 1. The van der Waals surface area contributed by atoms with E-state index in [1.807, 2.05) is 31.7 Å². The molecule has 0 bridgehead atoms. The summed E-state index contributed by atoms with van der Waals surface area (Å²) < 4.78 is 29.7. The van der Waals surface area contributed by atoms with Gasteiger partial charge in [-0.1, -0.05) is 0 Å². The van der Waals surface area contributed by atoms with Crippen LogP contribution in [0.25, 0.3) is 0 Å². The maximum atomic E-state index is 14.8. The highest BCUT2D eigenvalue weighted by Crippen LogP contribution is 2.37. The van der Waals surface area contributed by atoms with Crippen LogP contribution in [0.4, 0.5) is 20.4 Å². The fourth-order valence-corrected chi connectivity index (χ4v) is 3.56. The average molecular weight is 458 g/mol. The topological polar surface area (TPSA) is 112 Å². The Labute approximate surface area is 192 Å². The Morgan fingerprint density at radius 3 is 2.64 bits per heavy atom. The van der Waals surface area contributed by atoms with Crippen LogP contribution in [0.3, 0.4) is 0 Å². The smallest absolute Gasteiger partial charge is 0.277 e. The summed E-state index contributed by atoms with van der Waals surface area (Å²) in [7, 11) is 0. The van der Waals surface area contributed by atoms with E-state index in [-0.39, 0.29) is 29.8 Å². The van der Waals surface area contributed by atoms with Gasteiger partial charge in [-0.25, -0.2) is 23.7 Å². The maximum Gasteiger partial charge on any atom is 0.277 e. The van der Waals surface area contributed by atoms with Gasteiger partial charge in [0.2, 0.25) is 5.91 Å². The minimum absolute atomic E-state index is 0.108. The number of hydrogen-bond donors (Lipinski definition) is 1. The maximum absolute atomic E-state index is 14.8. The molecule has 2 aromatic heterocycles. The molecule has 8 nitrogen and oxygen atoms in total. The third kappa shape index (κ3) is 6.68. The highest BCUT2D eigenvalue weighted by Gasteiger charge is 2.35. The molecular formula is C23H29F2N7O. The molecule has 1 atom stereocenters. The molecule has 2 heterocycles. The lowest BCUT2D eigenvalue weighted by Crippen LogP contribution is -2.45. The lowest BCUT2D eigenvalue weighted by molar-refractivity contribution is -0.133. The van der Waals surface area contributed by atoms with Crippen molar-refractivity contribution in [2.75, 3.05) is 24.5 Å². The molecule has 0 fully saturated rings. The molecule has 0 saturated heterocycles. The van der Waals surface area contributed by atoms with E-state index in [4.69, 9.17) is 11.0 Å². The molecule has 2 N–H and O–H groups in total. The lowest BCUT2D eigenvalue weighted by Gasteiger charge is -2.33. The van der Waals surface area contributed by atoms with E-state index in [1.165, 1.54) is 24.5 Å². The number of nitrogens with zero attached hydrogens (tertiary/aromatic N) is 6. The van der Waals surface area contributed by atoms with E-state index in [2.05, 4.69) is 15.0 Å². The summed E-state index contributed by atoms with van der Waals surface area (Å²) in [5, 5.41) is 8.95. The SMILES string of the molecule is CCN(CC(C)N(CC)c1ccc(C#N)cn1)C(=O)CCC(F)(F)c1cccnc1/N=C\N. The number of amides is 1. The van der Waals surface area contributed by atoms with Crippen LogP contribution in [0, 0.1) is 11.3 Å². The van der Waals surface area contributed by atoms with Gasteiger partial charge in [0, 0.05) is 50.9 Å². The molecule has 33 heavy (non-hydrogen) atoms. The number of nitrogens with two attached hydrogens (primary N) is 1. The zero-order valence-electron chi connectivity index (χ0n) is 19.1. The molecule has 1 amide bonds. The molecule has 0 aliphatic rings. The van der Waals surface area contributed by atoms with Gasteiger partial charge in [0.15, 0.2) is 5.82 Å². The number of halogens is 2. The summed E-state index contributed by atoms with van der Waals surface area (Å²) in [5.74, 6) is -3.12. The number of nitriles is 1. The Morgan fingerprint density at radius 2 is 2.06 bits per heavy atom. The lowest BCUT2D eigenvalue weighted by atomic mass is 10.0. The third-order valence-corrected chi connectivity index (χ3v) is 5.29. The van der Waals surface area contributed by atoms with Crippen molar-refractivity contribution in [2.45, 2.75) is 45.6 Å². The monoisotopic (exact) mass is 457 g/mol. The zero-order chi connectivity index (χ0) is 24.4. The van der Waals surface area contributed by atoms with Gasteiger partial charge in [0.25, 0.3) is 5.92 Å². The highest BCUT2D eigenvalue weighted by atomic mass is 19.3. The Balaban J connectivity index is 2.06. The number of likely N-dealkylation sites (N-methyl/N-ethyl adjacent to an activating group) is 2. The largest absolute Gasteiger partial charge is 0.390 e. The van der Waals surface area contributed by atoms with Gasteiger partial charge in [-0.15, -0.1) is 0 Å². The summed E-state index contributed by atoms with van der Waals surface area (Å²) in [4.78, 5) is 28.2. The van der Waals surface area contributed by atoms with E-state index in [0.29, 0.717) is 31.0 Å². The van der Waals surface area contributed by atoms with Crippen molar-refractivity contribution in [3.05, 3.63) is 47.8 Å². The van der Waals surface area contributed by atoms with Crippen molar-refractivity contribution in [1.82, 2.24) is 14.9 Å². The fourth-order valence-electron chi connectivity index (χ4n) is 3.56. The summed E-state index contributed by atoms with van der Waals surface area (Å²) in [6.07, 6.45) is 2.78. The first-order valence-electron chi connectivity index (χ1n) is 10.8. The van der Waals surface area contributed by atoms with Crippen molar-refractivity contribution in [1.29, 1.82) is 5.26 Å². The van der Waals surface area contributed by atoms with Crippen molar-refractivity contribution in [2.24, 2.45) is 10.7 Å². The van der Waals surface area contributed by atoms with Gasteiger partial charge in [-0.05, 0) is 45.0 Å². The number of aromatic nitrogens is 2. The summed E-state index contributed by atoms with van der Waals surface area (Å²) in [6, 6.07) is 8.00. The first kappa shape index (κ1) is 25.6. The van der Waals surface area contributed by atoms with E-state index in [0.717, 1.165) is 6.34 Å². The number of hydrogen-bond acceptors (Lipinski definition) is 6. The number of carbonyl (C=O) groups is 1. The molecule has 10 heteroatoms. The minimum atomic E-state index is -3.28. The van der Waals surface area contributed by atoms with E-state index in [9.17, 15) is 13.6 Å². The minimum Gasteiger partial charge on any atom is -0.390 e. The summed E-state index contributed by atoms with van der Waals surface area (Å²) in [6.45, 7) is 7.10. The molecule has 2 rings (SSSR count). The number of rotatable bonds is 11. The van der Waals surface area contributed by atoms with Gasteiger partial charge in [0.05, 0.1) is 17.5 Å². The molecule has 176 valence electrons. The normalized spacial score (nSPS) is 12.4. The number of aliphatic imine (C=N–C) groups is 1. The van der Waals surface area contributed by atoms with Crippen LogP contribution >= 0.6 is 0 Å². The second kappa shape index (κ2) is 11.9. The third-order valence-electron chi connectivity index (χ3n) is 5.29. The van der Waals surface area contributed by atoms with Gasteiger partial charge >= 0.3 is 0 Å². The second-order valence-corrected chi connectivity index (χ2v) is 7.44. The van der Waals surface area contributed by atoms with Gasteiger partial charge in [0.1, 0.15) is 11.9 Å². The molecule has 0 aliphatic heterocycles. The van der Waals surface area contributed by atoms with Crippen LogP contribution in [0.5, 0.6) is 0 Å². The van der Waals surface area contributed by atoms with E-state index in [1.54, 1.807) is 17.0 Å². The standard InChI is InChI=1S/C23H29F2N7O/c1-4-31(15-17(3)32(5-2)20-9-8-18(13-26)14-29-20)21(33)10-11-23(24,25)19-7-6-12-28-22(19)30-16-27/h6-9,12,14,16-17H,4-5,10-11,15H2,1-3H3,(H2,27,28,30). The number of pyridine rings is 2. The van der Waals surface area contributed by atoms with Gasteiger partial charge < -0.3 is 15.5 Å². The highest BCUT2D eigenvalue weighted by molar-refractivity contribution is 5.76. The van der Waals surface area contributed by atoms with Gasteiger partial charge in [-0.2, -0.15) is 5.26 Å². The average Bonchev–Trinajstić information content (AvgIpc) is 2.82. The Morgan fingerprint density at radius 1 is 1.30 bits per heavy atom. The van der Waals surface area contributed by atoms with Crippen LogP contribution in [-0.2, 0) is 10.7 Å². The molecule has 0 radical (unpaired) electrons. The second-order valence-electron chi connectivity index (χ2n) is 7.44. The van der Waals surface area contributed by atoms with Crippen LogP contribution in [0.1, 0.15) is 44.7 Å². The van der Waals surface area contributed by atoms with E-state index >= 15 is 0 Å². The predicted octanol–water partition coefficient (Wildman–Crippen LogP) is 3.60. The molecule has 0 spiro atoms. The fraction of sp³-hybridized carbons (Fsp3) is 0.435. The predicted molar refractivity (Wildman–Crippen MR) is 123 cm³/mol. The van der Waals surface area contributed by atoms with Crippen LogP contribution in [0.15, 0.2) is 41.7 Å². The first-order valence-corrected chi connectivity index (χ1v) is 10.8. The molecular weight excluding hydrogens is 428 g/mol. The van der Waals surface area contributed by atoms with Crippen LogP contribution in [-0.4, -0.2) is 52.8 Å². The summed E-state index contributed by atoms with van der Waals surface area (Å²) in [5.41, 5.74) is 5.33. The zero-order valence-corrected chi connectivity index (χ0v) is 19.1.